The van der Waals surface area contributed by atoms with Crippen LogP contribution in [-0.2, 0) is 20.9 Å². The molecule has 3 heterocycles. The van der Waals surface area contributed by atoms with Crippen LogP contribution in [-0.4, -0.2) is 63.6 Å². The Bertz CT molecular complexity index is 1640. The number of likely N-dealkylation sites (tertiary alicyclic amines) is 1. The van der Waals surface area contributed by atoms with E-state index in [4.69, 9.17) is 23.2 Å². The molecule has 0 bridgehead atoms. The average Bonchev–Trinajstić information content (AvgIpc) is 3.55. The van der Waals surface area contributed by atoms with Crippen molar-refractivity contribution in [1.29, 1.82) is 0 Å². The van der Waals surface area contributed by atoms with Crippen LogP contribution in [0, 0.1) is 11.7 Å². The number of aromatic amines is 1. The molecule has 11 heteroatoms. The summed E-state index contributed by atoms with van der Waals surface area (Å²) in [6.45, 7) is 3.42. The molecule has 3 amide bonds. The van der Waals surface area contributed by atoms with E-state index in [2.05, 4.69) is 17.6 Å². The lowest BCUT2D eigenvalue weighted by Crippen LogP contribution is -2.52. The van der Waals surface area contributed by atoms with Gasteiger partial charge in [0.15, 0.2) is 0 Å². The van der Waals surface area contributed by atoms with Crippen molar-refractivity contribution in [2.75, 3.05) is 26.2 Å². The number of hydrogen-bond donors (Lipinski definition) is 2. The topological polar surface area (TPSA) is 76.7 Å². The molecule has 43 heavy (non-hydrogen) atoms. The van der Waals surface area contributed by atoms with Gasteiger partial charge in [0, 0.05) is 78.6 Å². The van der Waals surface area contributed by atoms with Crippen LogP contribution in [0.5, 0.6) is 0 Å². The highest BCUT2D eigenvalue weighted by Gasteiger charge is 2.47. The second-order valence-corrected chi connectivity index (χ2v) is 12.0. The van der Waals surface area contributed by atoms with E-state index in [1.165, 1.54) is 19.1 Å². The number of fused-ring (bicyclic) bond motifs is 1. The minimum Gasteiger partial charge on any atom is -0.361 e. The van der Waals surface area contributed by atoms with Crippen molar-refractivity contribution in [1.82, 2.24) is 19.7 Å². The van der Waals surface area contributed by atoms with Crippen LogP contribution in [0.1, 0.15) is 30.5 Å². The van der Waals surface area contributed by atoms with Crippen LogP contribution in [0.25, 0.3) is 10.9 Å². The third-order valence-corrected chi connectivity index (χ3v) is 8.71. The molecule has 0 spiro atoms. The summed E-state index contributed by atoms with van der Waals surface area (Å²) in [4.78, 5) is 48.1. The third-order valence-electron chi connectivity index (χ3n) is 7.87. The van der Waals surface area contributed by atoms with Crippen LogP contribution < -0.4 is 0 Å². The summed E-state index contributed by atoms with van der Waals surface area (Å²) in [5, 5.41) is 1.45. The molecule has 0 radical (unpaired) electrons. The predicted molar refractivity (Wildman–Crippen MR) is 169 cm³/mol. The number of nitrogens with one attached hydrogen (secondary N) is 1. The van der Waals surface area contributed by atoms with Crippen molar-refractivity contribution in [3.05, 3.63) is 99.9 Å². The maximum absolute atomic E-state index is 14.2. The van der Waals surface area contributed by atoms with Crippen molar-refractivity contribution in [2.45, 2.75) is 30.8 Å². The zero-order valence-electron chi connectivity index (χ0n) is 23.5. The van der Waals surface area contributed by atoms with E-state index in [0.717, 1.165) is 21.4 Å². The molecule has 2 aliphatic heterocycles. The van der Waals surface area contributed by atoms with Crippen molar-refractivity contribution in [3.8, 4) is 0 Å². The van der Waals surface area contributed by atoms with E-state index >= 15 is 0 Å². The number of aromatic nitrogens is 1. The van der Waals surface area contributed by atoms with Gasteiger partial charge in [-0.25, -0.2) is 4.39 Å². The second-order valence-electron chi connectivity index (χ2n) is 10.6. The first-order chi connectivity index (χ1) is 20.6. The van der Waals surface area contributed by atoms with Gasteiger partial charge in [-0.3, -0.25) is 14.4 Å². The molecule has 2 aliphatic rings. The highest BCUT2D eigenvalue weighted by Crippen LogP contribution is 2.43. The minimum absolute atomic E-state index is 0.00862. The molecule has 2 fully saturated rings. The number of hydrogen-bond acceptors (Lipinski definition) is 4. The predicted octanol–water partition coefficient (Wildman–Crippen LogP) is 6.37. The SMILES string of the molecule is CC(=O)N1CCN(C(=O)C2CC(=O)N(Cc3ccc(Cl)c(F)c3)C2c2c[nH]c3cc(Cl)ccc23)CC1.Sc1ccccc1. The van der Waals surface area contributed by atoms with E-state index in [9.17, 15) is 18.8 Å². The number of nitrogens with zero attached hydrogens (tertiary/aromatic N) is 3. The second kappa shape index (κ2) is 13.4. The van der Waals surface area contributed by atoms with Crippen molar-refractivity contribution >= 4 is 64.5 Å². The molecule has 3 aromatic carbocycles. The Morgan fingerprint density at radius 2 is 1.67 bits per heavy atom. The van der Waals surface area contributed by atoms with Crippen LogP contribution >= 0.6 is 35.8 Å². The van der Waals surface area contributed by atoms with Gasteiger partial charge < -0.3 is 19.7 Å². The normalized spacial score (nSPS) is 18.5. The summed E-state index contributed by atoms with van der Waals surface area (Å²) < 4.78 is 14.2. The molecule has 0 aliphatic carbocycles. The lowest BCUT2D eigenvalue weighted by atomic mass is 9.91. The standard InChI is InChI=1S/C26H25Cl2FN4O3.C6H6S/c1-15(34)31-6-8-32(9-7-31)26(36)19-12-24(35)33(14-16-2-5-21(28)22(29)10-16)25(19)20-13-30-23-11-17(27)3-4-18(20)23;7-6-4-2-1-3-5-6/h2-5,10-11,13,19,25,30H,6-9,12,14H2,1H3;1-5,7H. The van der Waals surface area contributed by atoms with Crippen LogP contribution in [0.3, 0.4) is 0 Å². The lowest BCUT2D eigenvalue weighted by Gasteiger charge is -2.37. The average molecular weight is 642 g/mol. The number of H-pyrrole nitrogens is 1. The fourth-order valence-corrected chi connectivity index (χ4v) is 6.15. The number of amides is 3. The van der Waals surface area contributed by atoms with Gasteiger partial charge in [0.05, 0.1) is 17.0 Å². The third kappa shape index (κ3) is 7.00. The van der Waals surface area contributed by atoms with E-state index in [1.807, 2.05) is 42.6 Å². The van der Waals surface area contributed by atoms with Gasteiger partial charge in [-0.15, -0.1) is 12.6 Å². The van der Waals surface area contributed by atoms with Gasteiger partial charge in [-0.05, 0) is 42.0 Å². The minimum atomic E-state index is -0.617. The molecule has 0 saturated carbocycles. The molecule has 1 N–H and O–H groups in total. The molecule has 224 valence electrons. The number of piperazine rings is 1. The molecule has 2 saturated heterocycles. The van der Waals surface area contributed by atoms with Crippen molar-refractivity contribution < 1.29 is 18.8 Å². The number of halogens is 3. The van der Waals surface area contributed by atoms with Crippen LogP contribution in [0.4, 0.5) is 4.39 Å². The summed E-state index contributed by atoms with van der Waals surface area (Å²) >= 11 is 16.1. The molecule has 7 nitrogen and oxygen atoms in total. The van der Waals surface area contributed by atoms with Gasteiger partial charge in [-0.1, -0.05) is 53.5 Å². The van der Waals surface area contributed by atoms with Gasteiger partial charge in [0.25, 0.3) is 0 Å². The zero-order valence-corrected chi connectivity index (χ0v) is 25.9. The first-order valence-electron chi connectivity index (χ1n) is 13.9. The van der Waals surface area contributed by atoms with E-state index < -0.39 is 17.8 Å². The molecular formula is C32H31Cl2FN4O3S. The summed E-state index contributed by atoms with van der Waals surface area (Å²) in [6.07, 6.45) is 1.86. The number of benzene rings is 3. The Morgan fingerprint density at radius 1 is 0.977 bits per heavy atom. The quantitative estimate of drug-likeness (QED) is 0.255. The largest absolute Gasteiger partial charge is 0.361 e. The van der Waals surface area contributed by atoms with E-state index in [1.54, 1.807) is 32.9 Å². The first kappa shape index (κ1) is 30.9. The first-order valence-corrected chi connectivity index (χ1v) is 15.1. The Kier molecular flexibility index (Phi) is 9.64. The van der Waals surface area contributed by atoms with Gasteiger partial charge in [0.2, 0.25) is 17.7 Å². The Morgan fingerprint density at radius 3 is 2.30 bits per heavy atom. The fourth-order valence-electron chi connectivity index (χ4n) is 5.69. The van der Waals surface area contributed by atoms with Crippen LogP contribution in [0.2, 0.25) is 10.0 Å². The smallest absolute Gasteiger partial charge is 0.228 e. The van der Waals surface area contributed by atoms with Crippen LogP contribution in [0.15, 0.2) is 77.8 Å². The maximum atomic E-state index is 14.2. The monoisotopic (exact) mass is 640 g/mol. The highest BCUT2D eigenvalue weighted by molar-refractivity contribution is 7.80. The highest BCUT2D eigenvalue weighted by atomic mass is 35.5. The summed E-state index contributed by atoms with van der Waals surface area (Å²) in [7, 11) is 0. The lowest BCUT2D eigenvalue weighted by molar-refractivity contribution is -0.142. The molecular weight excluding hydrogens is 610 g/mol. The molecule has 4 aromatic rings. The molecule has 1 aromatic heterocycles. The van der Waals surface area contributed by atoms with Crippen molar-refractivity contribution in [3.63, 3.8) is 0 Å². The summed E-state index contributed by atoms with van der Waals surface area (Å²) in [5.41, 5.74) is 2.19. The summed E-state index contributed by atoms with van der Waals surface area (Å²) in [5.74, 6) is -1.50. The van der Waals surface area contributed by atoms with Gasteiger partial charge >= 0.3 is 0 Å². The number of carbonyl (C=O) groups excluding carboxylic acids is 3. The maximum Gasteiger partial charge on any atom is 0.228 e. The molecule has 6 rings (SSSR count). The van der Waals surface area contributed by atoms with Gasteiger partial charge in [-0.2, -0.15) is 0 Å². The Balaban J connectivity index is 0.000000463. The molecule has 2 atom stereocenters. The zero-order chi connectivity index (χ0) is 30.7. The summed E-state index contributed by atoms with van der Waals surface area (Å²) in [6, 6.07) is 19.1. The van der Waals surface area contributed by atoms with E-state index in [-0.39, 0.29) is 35.7 Å². The fraction of sp³-hybridized carbons (Fsp3) is 0.281. The number of carbonyl (C=O) groups is 3. The van der Waals surface area contributed by atoms with Gasteiger partial charge in [0.1, 0.15) is 5.82 Å². The number of rotatable bonds is 4. The Labute approximate surface area is 265 Å². The van der Waals surface area contributed by atoms with E-state index in [0.29, 0.717) is 36.8 Å². The number of thiol groups is 1. The Hall–Kier alpha value is -3.53. The molecule has 2 unspecified atom stereocenters. The van der Waals surface area contributed by atoms with Crippen molar-refractivity contribution in [2.24, 2.45) is 5.92 Å².